The molecule has 0 fully saturated rings. The van der Waals surface area contributed by atoms with E-state index in [1.54, 1.807) is 43.5 Å². The van der Waals surface area contributed by atoms with E-state index < -0.39 is 5.60 Å². The summed E-state index contributed by atoms with van der Waals surface area (Å²) < 4.78 is 30.3. The molecule has 0 aliphatic carbocycles. The van der Waals surface area contributed by atoms with Crippen molar-refractivity contribution >= 4 is 17.7 Å². The fourth-order valence-corrected chi connectivity index (χ4v) is 3.42. The summed E-state index contributed by atoms with van der Waals surface area (Å²) in [4.78, 5) is 12.5. The van der Waals surface area contributed by atoms with E-state index in [0.29, 0.717) is 36.0 Å². The largest absolute Gasteiger partial charge is 0.497 e. The lowest BCUT2D eigenvalue weighted by Crippen LogP contribution is -2.37. The SMILES string of the molecule is COc1ccc(C(=O)Nc2ccc3c(c2)C=CC(C)(COCc2cccc(F)c2)O3)cc1. The summed E-state index contributed by atoms with van der Waals surface area (Å²) in [6, 6.07) is 18.7. The monoisotopic (exact) mass is 433 g/mol. The molecule has 0 radical (unpaired) electrons. The van der Waals surface area contributed by atoms with Crippen molar-refractivity contribution in [2.24, 2.45) is 0 Å². The Morgan fingerprint density at radius 3 is 2.66 bits per heavy atom. The maximum absolute atomic E-state index is 13.3. The normalized spacial score (nSPS) is 16.7. The Morgan fingerprint density at radius 1 is 1.09 bits per heavy atom. The highest BCUT2D eigenvalue weighted by molar-refractivity contribution is 6.04. The number of carbonyl (C=O) groups is 1. The highest BCUT2D eigenvalue weighted by Crippen LogP contribution is 2.33. The first-order valence-corrected chi connectivity index (χ1v) is 10.2. The van der Waals surface area contributed by atoms with E-state index in [4.69, 9.17) is 14.2 Å². The molecule has 1 heterocycles. The summed E-state index contributed by atoms with van der Waals surface area (Å²) in [5.74, 6) is 0.909. The number of nitrogens with one attached hydrogen (secondary N) is 1. The second kappa shape index (κ2) is 9.24. The molecule has 1 N–H and O–H groups in total. The molecule has 6 heteroatoms. The smallest absolute Gasteiger partial charge is 0.255 e. The molecule has 4 rings (SSSR count). The quantitative estimate of drug-likeness (QED) is 0.537. The van der Waals surface area contributed by atoms with Gasteiger partial charge in [0.25, 0.3) is 5.91 Å². The van der Waals surface area contributed by atoms with Gasteiger partial charge in [-0.25, -0.2) is 4.39 Å². The lowest BCUT2D eigenvalue weighted by Gasteiger charge is -2.31. The van der Waals surface area contributed by atoms with Crippen LogP contribution in [0, 0.1) is 5.82 Å². The zero-order chi connectivity index (χ0) is 22.6. The molecule has 164 valence electrons. The first-order chi connectivity index (χ1) is 15.4. The third-order valence-electron chi connectivity index (χ3n) is 5.12. The minimum absolute atomic E-state index is 0.205. The number of ether oxygens (including phenoxy) is 3. The number of rotatable bonds is 7. The predicted molar refractivity (Wildman–Crippen MR) is 122 cm³/mol. The minimum Gasteiger partial charge on any atom is -0.497 e. The van der Waals surface area contributed by atoms with Crippen LogP contribution in [0.2, 0.25) is 0 Å². The van der Waals surface area contributed by atoms with E-state index in [1.807, 2.05) is 37.3 Å². The van der Waals surface area contributed by atoms with Crippen LogP contribution in [0.3, 0.4) is 0 Å². The summed E-state index contributed by atoms with van der Waals surface area (Å²) in [5, 5.41) is 2.90. The highest BCUT2D eigenvalue weighted by atomic mass is 19.1. The molecule has 32 heavy (non-hydrogen) atoms. The van der Waals surface area contributed by atoms with E-state index in [1.165, 1.54) is 12.1 Å². The number of halogens is 1. The van der Waals surface area contributed by atoms with Gasteiger partial charge in [0.05, 0.1) is 20.3 Å². The Labute approximate surface area is 186 Å². The van der Waals surface area contributed by atoms with Crippen molar-refractivity contribution in [1.82, 2.24) is 0 Å². The molecule has 0 spiro atoms. The molecule has 1 aliphatic rings. The van der Waals surface area contributed by atoms with Gasteiger partial charge in [-0.1, -0.05) is 18.2 Å². The van der Waals surface area contributed by atoms with Crippen LogP contribution in [0.4, 0.5) is 10.1 Å². The first-order valence-electron chi connectivity index (χ1n) is 10.2. The van der Waals surface area contributed by atoms with Crippen LogP contribution in [-0.2, 0) is 11.3 Å². The summed E-state index contributed by atoms with van der Waals surface area (Å²) in [7, 11) is 1.58. The van der Waals surface area contributed by atoms with Crippen molar-refractivity contribution < 1.29 is 23.4 Å². The first kappa shape index (κ1) is 21.6. The van der Waals surface area contributed by atoms with Crippen molar-refractivity contribution in [2.75, 3.05) is 19.0 Å². The number of hydrogen-bond donors (Lipinski definition) is 1. The number of benzene rings is 3. The minimum atomic E-state index is -0.645. The van der Waals surface area contributed by atoms with Crippen molar-refractivity contribution in [2.45, 2.75) is 19.1 Å². The zero-order valence-corrected chi connectivity index (χ0v) is 17.9. The zero-order valence-electron chi connectivity index (χ0n) is 17.9. The fourth-order valence-electron chi connectivity index (χ4n) is 3.42. The van der Waals surface area contributed by atoms with Crippen molar-refractivity contribution in [3.8, 4) is 11.5 Å². The van der Waals surface area contributed by atoms with E-state index in [-0.39, 0.29) is 11.7 Å². The molecule has 1 unspecified atom stereocenters. The van der Waals surface area contributed by atoms with Crippen LogP contribution in [0.25, 0.3) is 6.08 Å². The summed E-state index contributed by atoms with van der Waals surface area (Å²) in [6.45, 7) is 2.54. The maximum Gasteiger partial charge on any atom is 0.255 e. The van der Waals surface area contributed by atoms with Gasteiger partial charge in [0, 0.05) is 16.8 Å². The third kappa shape index (κ3) is 5.15. The van der Waals surface area contributed by atoms with Gasteiger partial charge in [-0.15, -0.1) is 0 Å². The molecular formula is C26H24FNO4. The third-order valence-corrected chi connectivity index (χ3v) is 5.12. The number of amides is 1. The van der Waals surface area contributed by atoms with E-state index in [9.17, 15) is 9.18 Å². The van der Waals surface area contributed by atoms with E-state index in [2.05, 4.69) is 5.32 Å². The molecule has 1 amide bonds. The molecule has 0 bridgehead atoms. The molecule has 5 nitrogen and oxygen atoms in total. The Hall–Kier alpha value is -3.64. The molecule has 1 atom stereocenters. The van der Waals surface area contributed by atoms with Gasteiger partial charge in [-0.2, -0.15) is 0 Å². The van der Waals surface area contributed by atoms with Gasteiger partial charge < -0.3 is 19.5 Å². The molecule has 0 saturated carbocycles. The number of carbonyl (C=O) groups excluding carboxylic acids is 1. The Bertz CT molecular complexity index is 1140. The molecule has 0 aromatic heterocycles. The number of methoxy groups -OCH3 is 1. The number of anilines is 1. The predicted octanol–water partition coefficient (Wildman–Crippen LogP) is 5.47. The number of fused-ring (bicyclic) bond motifs is 1. The Balaban J connectivity index is 1.37. The molecule has 1 aliphatic heterocycles. The Morgan fingerprint density at radius 2 is 1.91 bits per heavy atom. The average Bonchev–Trinajstić information content (AvgIpc) is 2.79. The second-order valence-corrected chi connectivity index (χ2v) is 7.81. The summed E-state index contributed by atoms with van der Waals surface area (Å²) in [6.07, 6.45) is 3.88. The molecule has 3 aromatic carbocycles. The van der Waals surface area contributed by atoms with Gasteiger partial charge in [0.1, 0.15) is 22.9 Å². The fraction of sp³-hybridized carbons (Fsp3) is 0.192. The average molecular weight is 433 g/mol. The van der Waals surface area contributed by atoms with Gasteiger partial charge in [-0.05, 0) is 73.2 Å². The van der Waals surface area contributed by atoms with Crippen LogP contribution >= 0.6 is 0 Å². The summed E-state index contributed by atoms with van der Waals surface area (Å²) in [5.41, 5.74) is 2.20. The van der Waals surface area contributed by atoms with Gasteiger partial charge in [0.2, 0.25) is 0 Å². The van der Waals surface area contributed by atoms with Crippen molar-refractivity contribution in [1.29, 1.82) is 0 Å². The van der Waals surface area contributed by atoms with E-state index >= 15 is 0 Å². The standard InChI is InChI=1S/C26H24FNO4/c1-26(17-31-16-18-4-3-5-21(27)14-18)13-12-20-15-22(8-11-24(20)32-26)28-25(29)19-6-9-23(30-2)10-7-19/h3-15H,16-17H2,1-2H3,(H,28,29). The lowest BCUT2D eigenvalue weighted by atomic mass is 10.0. The topological polar surface area (TPSA) is 56.8 Å². The van der Waals surface area contributed by atoms with E-state index in [0.717, 1.165) is 11.1 Å². The van der Waals surface area contributed by atoms with Gasteiger partial charge in [-0.3, -0.25) is 4.79 Å². The molecule has 3 aromatic rings. The van der Waals surface area contributed by atoms with Crippen molar-refractivity contribution in [3.63, 3.8) is 0 Å². The highest BCUT2D eigenvalue weighted by Gasteiger charge is 2.28. The van der Waals surface area contributed by atoms with Crippen molar-refractivity contribution in [3.05, 3.63) is 95.3 Å². The van der Waals surface area contributed by atoms with Crippen LogP contribution in [0.15, 0.2) is 72.8 Å². The van der Waals surface area contributed by atoms with Crippen LogP contribution in [0.1, 0.15) is 28.4 Å². The second-order valence-electron chi connectivity index (χ2n) is 7.81. The van der Waals surface area contributed by atoms with Crippen LogP contribution < -0.4 is 14.8 Å². The molecule has 0 saturated heterocycles. The molecular weight excluding hydrogens is 409 g/mol. The number of hydrogen-bond acceptors (Lipinski definition) is 4. The van der Waals surface area contributed by atoms with Crippen LogP contribution in [-0.4, -0.2) is 25.2 Å². The van der Waals surface area contributed by atoms with Crippen LogP contribution in [0.5, 0.6) is 11.5 Å². The van der Waals surface area contributed by atoms with Gasteiger partial charge in [0.15, 0.2) is 0 Å². The summed E-state index contributed by atoms with van der Waals surface area (Å²) >= 11 is 0. The lowest BCUT2D eigenvalue weighted by molar-refractivity contribution is 0.00626. The van der Waals surface area contributed by atoms with Gasteiger partial charge >= 0.3 is 0 Å². The maximum atomic E-state index is 13.3. The Kier molecular flexibility index (Phi) is 6.23.